The number of fused-ring (bicyclic) bond motifs is 6. The van der Waals surface area contributed by atoms with Crippen LogP contribution in [-0.2, 0) is 12.4 Å². The van der Waals surface area contributed by atoms with E-state index in [1.54, 1.807) is 106 Å². The standard InChI is InChI=1S/C55H25F6N7/c56-54(57,58)39-21-36(22-40(25-39)55(59,60)61)53-51(67-47-7-3-1-5-43(47)45-15-11-34(23-49(45)67)41-13-9-31(26-62)17-37(41)29-65)19-33(28-64)20-52(53)68-48-8-4-2-6-44(48)46-16-12-35(24-50(46)68)42-14-10-32(27-63)18-38(42)30-66/h1-25H. The molecular formula is C55H25F6N7. The van der Waals surface area contributed by atoms with Gasteiger partial charge in [-0.3, -0.25) is 0 Å². The highest BCUT2D eigenvalue weighted by Gasteiger charge is 2.38. The van der Waals surface area contributed by atoms with Gasteiger partial charge >= 0.3 is 12.4 Å². The van der Waals surface area contributed by atoms with Gasteiger partial charge in [0.25, 0.3) is 0 Å². The molecule has 0 aliphatic rings. The number of hydrogen-bond acceptors (Lipinski definition) is 5. The molecule has 322 valence electrons. The van der Waals surface area contributed by atoms with Crippen molar-refractivity contribution < 1.29 is 26.3 Å². The third-order valence-corrected chi connectivity index (χ3v) is 12.1. The largest absolute Gasteiger partial charge is 0.416 e. The lowest BCUT2D eigenvalue weighted by Crippen LogP contribution is -2.12. The van der Waals surface area contributed by atoms with Gasteiger partial charge in [-0.05, 0) is 107 Å². The molecule has 0 fully saturated rings. The SMILES string of the molecule is N#Cc1ccc(-c2ccc3c4ccccc4n(-c4cc(C#N)cc(-n5c6ccccc6c6ccc(-c7ccc(C#N)cc7C#N)cc65)c4-c4cc(C(F)(F)F)cc(C(F)(F)F)c4)c3c2)c(C#N)c1. The van der Waals surface area contributed by atoms with E-state index in [2.05, 4.69) is 18.2 Å². The zero-order valence-electron chi connectivity index (χ0n) is 34.8. The van der Waals surface area contributed by atoms with Crippen LogP contribution in [0.15, 0.2) is 152 Å². The summed E-state index contributed by atoms with van der Waals surface area (Å²) in [7, 11) is 0. The van der Waals surface area contributed by atoms with Crippen LogP contribution in [0.2, 0.25) is 0 Å². The Morgan fingerprint density at radius 2 is 0.765 bits per heavy atom. The van der Waals surface area contributed by atoms with Gasteiger partial charge in [-0.25, -0.2) is 0 Å². The fourth-order valence-corrected chi connectivity index (χ4v) is 9.14. The zero-order chi connectivity index (χ0) is 47.6. The maximum absolute atomic E-state index is 14.9. The average Bonchev–Trinajstić information content (AvgIpc) is 3.86. The second kappa shape index (κ2) is 15.8. The van der Waals surface area contributed by atoms with E-state index in [-0.39, 0.29) is 50.8 Å². The maximum Gasteiger partial charge on any atom is 0.416 e. The van der Waals surface area contributed by atoms with Crippen molar-refractivity contribution >= 4 is 43.6 Å². The normalized spacial score (nSPS) is 11.6. The highest BCUT2D eigenvalue weighted by Crippen LogP contribution is 2.47. The molecule has 8 aromatic carbocycles. The minimum absolute atomic E-state index is 0.0173. The molecule has 0 amide bonds. The molecular weight excluding hydrogens is 873 g/mol. The highest BCUT2D eigenvalue weighted by atomic mass is 19.4. The number of alkyl halides is 6. The van der Waals surface area contributed by atoms with Gasteiger partial charge in [0.15, 0.2) is 0 Å². The van der Waals surface area contributed by atoms with Crippen molar-refractivity contribution in [2.45, 2.75) is 12.4 Å². The molecule has 2 heterocycles. The minimum Gasteiger partial charge on any atom is -0.308 e. The van der Waals surface area contributed by atoms with Crippen LogP contribution in [0.25, 0.3) is 88.4 Å². The first-order chi connectivity index (χ1) is 32.7. The number of rotatable bonds is 5. The zero-order valence-corrected chi connectivity index (χ0v) is 34.8. The summed E-state index contributed by atoms with van der Waals surface area (Å²) < 4.78 is 92.7. The molecule has 0 spiro atoms. The van der Waals surface area contributed by atoms with Crippen LogP contribution in [-0.4, -0.2) is 9.13 Å². The molecule has 0 atom stereocenters. The Morgan fingerprint density at radius 3 is 1.16 bits per heavy atom. The first-order valence-electron chi connectivity index (χ1n) is 20.6. The number of benzene rings is 8. The third-order valence-electron chi connectivity index (χ3n) is 12.1. The van der Waals surface area contributed by atoms with Crippen LogP contribution in [0.3, 0.4) is 0 Å². The Labute approximate surface area is 382 Å². The lowest BCUT2D eigenvalue weighted by atomic mass is 9.94. The minimum atomic E-state index is -5.22. The number of aromatic nitrogens is 2. The summed E-state index contributed by atoms with van der Waals surface area (Å²) in [5, 5.41) is 52.9. The van der Waals surface area contributed by atoms with Crippen molar-refractivity contribution in [1.82, 2.24) is 9.13 Å². The van der Waals surface area contributed by atoms with Gasteiger partial charge in [-0.2, -0.15) is 52.7 Å². The van der Waals surface area contributed by atoms with Gasteiger partial charge in [0.1, 0.15) is 0 Å². The number of hydrogen-bond donors (Lipinski definition) is 0. The van der Waals surface area contributed by atoms with Crippen molar-refractivity contribution in [2.24, 2.45) is 0 Å². The Hall–Kier alpha value is -9.61. The second-order valence-corrected chi connectivity index (χ2v) is 15.9. The molecule has 7 nitrogen and oxygen atoms in total. The molecule has 0 aliphatic carbocycles. The van der Waals surface area contributed by atoms with Gasteiger partial charge in [0.2, 0.25) is 0 Å². The van der Waals surface area contributed by atoms with E-state index in [0.717, 1.165) is 0 Å². The summed E-state index contributed by atoms with van der Waals surface area (Å²) in [5.74, 6) is 0. The van der Waals surface area contributed by atoms with E-state index >= 15 is 0 Å². The second-order valence-electron chi connectivity index (χ2n) is 15.9. The van der Waals surface area contributed by atoms with Crippen molar-refractivity contribution in [3.05, 3.63) is 191 Å². The summed E-state index contributed by atoms with van der Waals surface area (Å²) >= 11 is 0. The van der Waals surface area contributed by atoms with E-state index in [1.165, 1.54) is 24.3 Å². The molecule has 0 saturated carbocycles. The first kappa shape index (κ1) is 42.3. The molecule has 0 bridgehead atoms. The summed E-state index contributed by atoms with van der Waals surface area (Å²) in [6, 6.07) is 48.9. The van der Waals surface area contributed by atoms with Crippen molar-refractivity contribution in [1.29, 1.82) is 26.3 Å². The van der Waals surface area contributed by atoms with Crippen molar-refractivity contribution in [3.63, 3.8) is 0 Å². The maximum atomic E-state index is 14.9. The number of para-hydroxylation sites is 2. The molecule has 0 radical (unpaired) electrons. The Balaban J connectivity index is 1.39. The quantitative estimate of drug-likeness (QED) is 0.159. The number of nitriles is 5. The lowest BCUT2D eigenvalue weighted by molar-refractivity contribution is -0.143. The molecule has 0 N–H and O–H groups in total. The Morgan fingerprint density at radius 1 is 0.353 bits per heavy atom. The molecule has 10 aromatic rings. The smallest absolute Gasteiger partial charge is 0.308 e. The molecule has 0 saturated heterocycles. The molecule has 68 heavy (non-hydrogen) atoms. The van der Waals surface area contributed by atoms with Crippen LogP contribution in [0.5, 0.6) is 0 Å². The number of nitrogens with zero attached hydrogens (tertiary/aromatic N) is 7. The Bertz CT molecular complexity index is 3780. The monoisotopic (exact) mass is 897 g/mol. The summed E-state index contributed by atoms with van der Waals surface area (Å²) in [5.41, 5.74) is 1.26. The Kier molecular flexibility index (Phi) is 9.85. The van der Waals surface area contributed by atoms with Gasteiger partial charge < -0.3 is 9.13 Å². The predicted octanol–water partition coefficient (Wildman–Crippen LogP) is 14.3. The van der Waals surface area contributed by atoms with Crippen molar-refractivity contribution in [2.75, 3.05) is 0 Å². The molecule has 13 heteroatoms. The van der Waals surface area contributed by atoms with E-state index in [9.17, 15) is 52.7 Å². The van der Waals surface area contributed by atoms with Gasteiger partial charge in [-0.15, -0.1) is 0 Å². The van der Waals surface area contributed by atoms with Crippen LogP contribution >= 0.6 is 0 Å². The molecule has 2 aromatic heterocycles. The van der Waals surface area contributed by atoms with Crippen molar-refractivity contribution in [3.8, 4) is 75.1 Å². The predicted molar refractivity (Wildman–Crippen MR) is 245 cm³/mol. The van der Waals surface area contributed by atoms with Gasteiger partial charge in [0.05, 0.1) is 103 Å². The van der Waals surface area contributed by atoms with Crippen LogP contribution in [0, 0.1) is 56.7 Å². The van der Waals surface area contributed by atoms with Gasteiger partial charge in [0, 0.05) is 27.1 Å². The van der Waals surface area contributed by atoms with Crippen LogP contribution < -0.4 is 0 Å². The molecule has 10 rings (SSSR count). The average molecular weight is 898 g/mol. The third kappa shape index (κ3) is 6.90. The van der Waals surface area contributed by atoms with E-state index < -0.39 is 29.0 Å². The molecule has 0 unspecified atom stereocenters. The topological polar surface area (TPSA) is 129 Å². The summed E-state index contributed by atoms with van der Waals surface area (Å²) in [4.78, 5) is 0. The van der Waals surface area contributed by atoms with E-state index in [1.807, 2.05) is 24.3 Å². The summed E-state index contributed by atoms with van der Waals surface area (Å²) in [6.45, 7) is 0. The fraction of sp³-hybridized carbons (Fsp3) is 0.0364. The van der Waals surface area contributed by atoms with Gasteiger partial charge in [-0.1, -0.05) is 72.8 Å². The number of halogens is 6. The van der Waals surface area contributed by atoms with Crippen LogP contribution in [0.1, 0.15) is 38.9 Å². The highest BCUT2D eigenvalue weighted by molar-refractivity contribution is 6.13. The molecule has 0 aliphatic heterocycles. The van der Waals surface area contributed by atoms with E-state index in [0.29, 0.717) is 78.0 Å². The fourth-order valence-electron chi connectivity index (χ4n) is 9.14. The summed E-state index contributed by atoms with van der Waals surface area (Å²) in [6.07, 6.45) is -10.4. The van der Waals surface area contributed by atoms with Crippen LogP contribution in [0.4, 0.5) is 26.3 Å². The lowest BCUT2D eigenvalue weighted by Gasteiger charge is -2.22. The van der Waals surface area contributed by atoms with E-state index in [4.69, 9.17) is 0 Å². The first-order valence-corrected chi connectivity index (χ1v) is 20.6.